The first-order valence-electron chi connectivity index (χ1n) is 8.43. The Kier molecular flexibility index (Phi) is 5.65. The van der Waals surface area contributed by atoms with Gasteiger partial charge in [-0.25, -0.2) is 0 Å². The smallest absolute Gasteiger partial charge is 0.235 e. The average molecular weight is 367 g/mol. The SMILES string of the molecule is COc1cccc(C[C@@H](C(=O)Nc2cccc(C)c2)c2nn[nH]n2)c1OC. The minimum absolute atomic E-state index is 0.230. The van der Waals surface area contributed by atoms with E-state index < -0.39 is 5.92 Å². The minimum Gasteiger partial charge on any atom is -0.493 e. The molecule has 27 heavy (non-hydrogen) atoms. The van der Waals surface area contributed by atoms with Gasteiger partial charge in [0.25, 0.3) is 0 Å². The fourth-order valence-electron chi connectivity index (χ4n) is 2.90. The van der Waals surface area contributed by atoms with Gasteiger partial charge in [-0.15, -0.1) is 10.2 Å². The Bertz CT molecular complexity index is 911. The molecule has 0 aliphatic carbocycles. The first-order chi connectivity index (χ1) is 13.1. The summed E-state index contributed by atoms with van der Waals surface area (Å²) in [6.45, 7) is 1.97. The van der Waals surface area contributed by atoms with Crippen molar-refractivity contribution in [2.45, 2.75) is 19.3 Å². The second-order valence-electron chi connectivity index (χ2n) is 6.04. The van der Waals surface area contributed by atoms with Gasteiger partial charge < -0.3 is 14.8 Å². The van der Waals surface area contributed by atoms with Crippen molar-refractivity contribution in [3.63, 3.8) is 0 Å². The van der Waals surface area contributed by atoms with Gasteiger partial charge in [0.2, 0.25) is 5.91 Å². The molecular formula is C19H21N5O3. The van der Waals surface area contributed by atoms with Gasteiger partial charge in [-0.3, -0.25) is 4.79 Å². The Morgan fingerprint density at radius 3 is 2.67 bits per heavy atom. The van der Waals surface area contributed by atoms with Gasteiger partial charge in [0, 0.05) is 5.69 Å². The third-order valence-electron chi connectivity index (χ3n) is 4.18. The van der Waals surface area contributed by atoms with Crippen molar-refractivity contribution in [2.75, 3.05) is 19.5 Å². The minimum atomic E-state index is -0.648. The van der Waals surface area contributed by atoms with Crippen molar-refractivity contribution in [2.24, 2.45) is 0 Å². The van der Waals surface area contributed by atoms with E-state index in [1.54, 1.807) is 20.3 Å². The van der Waals surface area contributed by atoms with Crippen LogP contribution in [0, 0.1) is 6.92 Å². The lowest BCUT2D eigenvalue weighted by atomic mass is 9.96. The number of carbonyl (C=O) groups excluding carboxylic acids is 1. The van der Waals surface area contributed by atoms with Crippen LogP contribution in [0.4, 0.5) is 5.69 Å². The van der Waals surface area contributed by atoms with E-state index in [2.05, 4.69) is 25.9 Å². The van der Waals surface area contributed by atoms with Crippen molar-refractivity contribution >= 4 is 11.6 Å². The molecule has 140 valence electrons. The van der Waals surface area contributed by atoms with Crippen LogP contribution in [0.3, 0.4) is 0 Å². The van der Waals surface area contributed by atoms with Crippen molar-refractivity contribution in [1.82, 2.24) is 20.6 Å². The molecule has 0 unspecified atom stereocenters. The number of ether oxygens (including phenoxy) is 2. The summed E-state index contributed by atoms with van der Waals surface area (Å²) in [6.07, 6.45) is 0.331. The monoisotopic (exact) mass is 367 g/mol. The van der Waals surface area contributed by atoms with Gasteiger partial charge in [0.15, 0.2) is 17.3 Å². The maximum atomic E-state index is 13.0. The number of anilines is 1. The molecule has 0 aliphatic rings. The summed E-state index contributed by atoms with van der Waals surface area (Å²) in [7, 11) is 3.14. The van der Waals surface area contributed by atoms with E-state index in [4.69, 9.17) is 9.47 Å². The van der Waals surface area contributed by atoms with E-state index >= 15 is 0 Å². The number of tetrazole rings is 1. The lowest BCUT2D eigenvalue weighted by Gasteiger charge is -2.17. The third-order valence-corrected chi connectivity index (χ3v) is 4.18. The predicted molar refractivity (Wildman–Crippen MR) is 100.0 cm³/mol. The Labute approximate surface area is 156 Å². The number of aromatic nitrogens is 4. The number of aryl methyl sites for hydroxylation is 1. The molecule has 1 atom stereocenters. The summed E-state index contributed by atoms with van der Waals surface area (Å²) in [5.41, 5.74) is 2.58. The average Bonchev–Trinajstić information content (AvgIpc) is 3.20. The topological polar surface area (TPSA) is 102 Å². The van der Waals surface area contributed by atoms with Gasteiger partial charge in [0.1, 0.15) is 5.92 Å². The van der Waals surface area contributed by atoms with E-state index in [1.165, 1.54) is 0 Å². The van der Waals surface area contributed by atoms with Gasteiger partial charge in [-0.1, -0.05) is 29.5 Å². The van der Waals surface area contributed by atoms with E-state index in [9.17, 15) is 4.79 Å². The Morgan fingerprint density at radius 1 is 1.19 bits per heavy atom. The number of nitrogens with one attached hydrogen (secondary N) is 2. The molecule has 0 saturated carbocycles. The summed E-state index contributed by atoms with van der Waals surface area (Å²) < 4.78 is 10.8. The van der Waals surface area contributed by atoms with E-state index in [0.29, 0.717) is 29.4 Å². The van der Waals surface area contributed by atoms with Gasteiger partial charge in [-0.2, -0.15) is 5.21 Å². The van der Waals surface area contributed by atoms with E-state index in [1.807, 2.05) is 43.3 Å². The van der Waals surface area contributed by atoms with Gasteiger partial charge in [-0.05, 0) is 42.7 Å². The molecular weight excluding hydrogens is 346 g/mol. The molecule has 2 aromatic carbocycles. The molecule has 1 heterocycles. The first-order valence-corrected chi connectivity index (χ1v) is 8.43. The number of para-hydroxylation sites is 1. The van der Waals surface area contributed by atoms with Crippen LogP contribution >= 0.6 is 0 Å². The van der Waals surface area contributed by atoms with Crippen LogP contribution in [-0.4, -0.2) is 40.8 Å². The van der Waals surface area contributed by atoms with E-state index in [0.717, 1.165) is 11.1 Å². The Morgan fingerprint density at radius 2 is 2.00 bits per heavy atom. The molecule has 8 heteroatoms. The maximum Gasteiger partial charge on any atom is 0.235 e. The molecule has 8 nitrogen and oxygen atoms in total. The number of nitrogens with zero attached hydrogens (tertiary/aromatic N) is 3. The number of benzene rings is 2. The number of carbonyl (C=O) groups is 1. The molecule has 1 aromatic heterocycles. The first kappa shape index (κ1) is 18.4. The van der Waals surface area contributed by atoms with Gasteiger partial charge >= 0.3 is 0 Å². The van der Waals surface area contributed by atoms with Crippen LogP contribution < -0.4 is 14.8 Å². The highest BCUT2D eigenvalue weighted by molar-refractivity contribution is 5.95. The molecule has 3 aromatic rings. The molecule has 0 bridgehead atoms. The van der Waals surface area contributed by atoms with Crippen molar-refractivity contribution in [1.29, 1.82) is 0 Å². The number of rotatable bonds is 7. The van der Waals surface area contributed by atoms with Crippen LogP contribution in [-0.2, 0) is 11.2 Å². The lowest BCUT2D eigenvalue weighted by molar-refractivity contribution is -0.117. The number of hydrogen-bond donors (Lipinski definition) is 2. The number of methoxy groups -OCH3 is 2. The molecule has 0 fully saturated rings. The second-order valence-corrected chi connectivity index (χ2v) is 6.04. The zero-order valence-corrected chi connectivity index (χ0v) is 15.4. The number of hydrogen-bond acceptors (Lipinski definition) is 6. The fraction of sp³-hybridized carbons (Fsp3) is 0.263. The Hall–Kier alpha value is -3.42. The molecule has 1 amide bonds. The summed E-state index contributed by atoms with van der Waals surface area (Å²) in [5, 5.41) is 16.9. The number of amides is 1. The van der Waals surface area contributed by atoms with Crippen molar-refractivity contribution < 1.29 is 14.3 Å². The standard InChI is InChI=1S/C19H21N5O3/c1-12-6-4-8-14(10-12)20-19(25)15(18-21-23-24-22-18)11-13-7-5-9-16(26-2)17(13)27-3/h4-10,15H,11H2,1-3H3,(H,20,25)(H,21,22,23,24)/t15-/m1/s1. The second kappa shape index (κ2) is 8.31. The zero-order chi connectivity index (χ0) is 19.2. The molecule has 3 rings (SSSR count). The molecule has 0 aliphatic heterocycles. The van der Waals surface area contributed by atoms with Gasteiger partial charge in [0.05, 0.1) is 14.2 Å². The highest BCUT2D eigenvalue weighted by Gasteiger charge is 2.27. The summed E-state index contributed by atoms with van der Waals surface area (Å²) in [4.78, 5) is 13.0. The third kappa shape index (κ3) is 4.22. The normalized spacial score (nSPS) is 11.7. The summed E-state index contributed by atoms with van der Waals surface area (Å²) >= 11 is 0. The Balaban J connectivity index is 1.90. The maximum absolute atomic E-state index is 13.0. The number of aromatic amines is 1. The molecule has 0 spiro atoms. The highest BCUT2D eigenvalue weighted by atomic mass is 16.5. The molecule has 2 N–H and O–H groups in total. The van der Waals surface area contributed by atoms with Crippen LogP contribution in [0.1, 0.15) is 22.9 Å². The molecule has 0 saturated heterocycles. The summed E-state index contributed by atoms with van der Waals surface area (Å²) in [5.74, 6) is 0.611. The number of H-pyrrole nitrogens is 1. The van der Waals surface area contributed by atoms with Crippen molar-refractivity contribution in [3.8, 4) is 11.5 Å². The largest absolute Gasteiger partial charge is 0.493 e. The van der Waals surface area contributed by atoms with Crippen LogP contribution in [0.5, 0.6) is 11.5 Å². The summed E-state index contributed by atoms with van der Waals surface area (Å²) in [6, 6.07) is 13.1. The predicted octanol–water partition coefficient (Wildman–Crippen LogP) is 2.49. The lowest BCUT2D eigenvalue weighted by Crippen LogP contribution is -2.24. The van der Waals surface area contributed by atoms with Crippen molar-refractivity contribution in [3.05, 3.63) is 59.4 Å². The molecule has 0 radical (unpaired) electrons. The van der Waals surface area contributed by atoms with Crippen LogP contribution in [0.25, 0.3) is 0 Å². The highest BCUT2D eigenvalue weighted by Crippen LogP contribution is 2.34. The van der Waals surface area contributed by atoms with Crippen LogP contribution in [0.15, 0.2) is 42.5 Å². The fourth-order valence-corrected chi connectivity index (χ4v) is 2.90. The quantitative estimate of drug-likeness (QED) is 0.665. The van der Waals surface area contributed by atoms with Crippen LogP contribution in [0.2, 0.25) is 0 Å². The van der Waals surface area contributed by atoms with E-state index in [-0.39, 0.29) is 5.91 Å². The zero-order valence-electron chi connectivity index (χ0n) is 15.4.